The SMILES string of the molecule is CCC(C)C(=O)N1C[C@H](Cc2ccc(OC)cc2)C[C@H]1C(=O)O. The summed E-state index contributed by atoms with van der Waals surface area (Å²) >= 11 is 0. The van der Waals surface area contributed by atoms with Gasteiger partial charge >= 0.3 is 5.97 Å². The second-order valence-electron chi connectivity index (χ2n) is 6.31. The van der Waals surface area contributed by atoms with Crippen molar-refractivity contribution in [3.05, 3.63) is 29.8 Å². The van der Waals surface area contributed by atoms with Gasteiger partial charge in [0.1, 0.15) is 11.8 Å². The Morgan fingerprint density at radius 3 is 2.52 bits per heavy atom. The van der Waals surface area contributed by atoms with Crippen LogP contribution in [0.5, 0.6) is 5.75 Å². The molecule has 1 saturated heterocycles. The molecule has 0 bridgehead atoms. The Kier molecular flexibility index (Phi) is 5.64. The van der Waals surface area contributed by atoms with Gasteiger partial charge in [-0.3, -0.25) is 4.79 Å². The van der Waals surface area contributed by atoms with Crippen molar-refractivity contribution in [2.45, 2.75) is 39.2 Å². The molecule has 1 unspecified atom stereocenters. The van der Waals surface area contributed by atoms with E-state index in [1.54, 1.807) is 12.0 Å². The Bertz CT molecular complexity index is 555. The first-order chi connectivity index (χ1) is 11.0. The molecule has 1 aromatic rings. The molecule has 1 aromatic carbocycles. The van der Waals surface area contributed by atoms with Crippen LogP contribution in [0.4, 0.5) is 0 Å². The number of amides is 1. The van der Waals surface area contributed by atoms with Gasteiger partial charge in [-0.2, -0.15) is 0 Å². The van der Waals surface area contributed by atoms with Crippen molar-refractivity contribution < 1.29 is 19.4 Å². The largest absolute Gasteiger partial charge is 0.497 e. The van der Waals surface area contributed by atoms with Crippen molar-refractivity contribution in [1.82, 2.24) is 4.90 Å². The summed E-state index contributed by atoms with van der Waals surface area (Å²) in [5.74, 6) is -0.0951. The molecule has 1 aliphatic heterocycles. The zero-order valence-electron chi connectivity index (χ0n) is 14.0. The molecule has 1 amide bonds. The number of carbonyl (C=O) groups excluding carboxylic acids is 1. The predicted molar refractivity (Wildman–Crippen MR) is 87.4 cm³/mol. The van der Waals surface area contributed by atoms with Crippen LogP contribution < -0.4 is 4.74 Å². The molecule has 0 spiro atoms. The first kappa shape index (κ1) is 17.3. The second kappa shape index (κ2) is 7.49. The van der Waals surface area contributed by atoms with Crippen molar-refractivity contribution in [2.75, 3.05) is 13.7 Å². The molecule has 2 rings (SSSR count). The highest BCUT2D eigenvalue weighted by Gasteiger charge is 2.40. The maximum absolute atomic E-state index is 12.4. The van der Waals surface area contributed by atoms with Crippen LogP contribution in [0.25, 0.3) is 0 Å². The van der Waals surface area contributed by atoms with Crippen LogP contribution in [-0.4, -0.2) is 41.6 Å². The first-order valence-electron chi connectivity index (χ1n) is 8.12. The minimum atomic E-state index is -0.904. The molecule has 1 aliphatic rings. The molecule has 23 heavy (non-hydrogen) atoms. The fraction of sp³-hybridized carbons (Fsp3) is 0.556. The number of nitrogens with zero attached hydrogens (tertiary/aromatic N) is 1. The number of ether oxygens (including phenoxy) is 1. The topological polar surface area (TPSA) is 66.8 Å². The zero-order valence-corrected chi connectivity index (χ0v) is 14.0. The van der Waals surface area contributed by atoms with Crippen molar-refractivity contribution in [1.29, 1.82) is 0 Å². The molecule has 1 fully saturated rings. The average Bonchev–Trinajstić information content (AvgIpc) is 2.98. The fourth-order valence-corrected chi connectivity index (χ4v) is 3.10. The van der Waals surface area contributed by atoms with Gasteiger partial charge < -0.3 is 14.7 Å². The Hall–Kier alpha value is -2.04. The van der Waals surface area contributed by atoms with Crippen molar-refractivity contribution in [2.24, 2.45) is 11.8 Å². The molecule has 0 aliphatic carbocycles. The van der Waals surface area contributed by atoms with Gasteiger partial charge in [0.2, 0.25) is 5.91 Å². The molecule has 0 radical (unpaired) electrons. The maximum Gasteiger partial charge on any atom is 0.326 e. The number of aliphatic carboxylic acids is 1. The third-order valence-corrected chi connectivity index (χ3v) is 4.67. The quantitative estimate of drug-likeness (QED) is 0.875. The molecular weight excluding hydrogens is 294 g/mol. The Balaban J connectivity index is 2.06. The molecule has 5 heteroatoms. The average molecular weight is 319 g/mol. The fourth-order valence-electron chi connectivity index (χ4n) is 3.10. The molecule has 5 nitrogen and oxygen atoms in total. The summed E-state index contributed by atoms with van der Waals surface area (Å²) in [5.41, 5.74) is 1.14. The number of likely N-dealkylation sites (tertiary alicyclic amines) is 1. The van der Waals surface area contributed by atoms with Gasteiger partial charge in [-0.05, 0) is 42.9 Å². The van der Waals surface area contributed by atoms with E-state index in [1.807, 2.05) is 38.1 Å². The smallest absolute Gasteiger partial charge is 0.326 e. The molecular formula is C18H25NO4. The van der Waals surface area contributed by atoms with E-state index >= 15 is 0 Å². The highest BCUT2D eigenvalue weighted by Crippen LogP contribution is 2.29. The third kappa shape index (κ3) is 4.03. The molecule has 1 N–H and O–H groups in total. The van der Waals surface area contributed by atoms with E-state index in [9.17, 15) is 14.7 Å². The highest BCUT2D eigenvalue weighted by molar-refractivity contribution is 5.85. The normalized spacial score (nSPS) is 22.0. The number of methoxy groups -OCH3 is 1. The van der Waals surface area contributed by atoms with Gasteiger partial charge in [0.05, 0.1) is 7.11 Å². The van der Waals surface area contributed by atoms with Crippen LogP contribution in [0, 0.1) is 11.8 Å². The lowest BCUT2D eigenvalue weighted by atomic mass is 9.97. The lowest BCUT2D eigenvalue weighted by molar-refractivity contribution is -0.149. The van der Waals surface area contributed by atoms with Gasteiger partial charge in [0, 0.05) is 12.5 Å². The number of hydrogen-bond donors (Lipinski definition) is 1. The Morgan fingerprint density at radius 2 is 2.00 bits per heavy atom. The zero-order chi connectivity index (χ0) is 17.0. The van der Waals surface area contributed by atoms with Gasteiger partial charge in [0.25, 0.3) is 0 Å². The summed E-state index contributed by atoms with van der Waals surface area (Å²) < 4.78 is 5.14. The summed E-state index contributed by atoms with van der Waals surface area (Å²) in [7, 11) is 1.63. The number of carboxylic acids is 1. The molecule has 0 saturated carbocycles. The van der Waals surface area contributed by atoms with E-state index in [1.165, 1.54) is 0 Å². The predicted octanol–water partition coefficient (Wildman–Crippen LogP) is 2.59. The number of hydrogen-bond acceptors (Lipinski definition) is 3. The van der Waals surface area contributed by atoms with E-state index in [0.29, 0.717) is 13.0 Å². The van der Waals surface area contributed by atoms with Crippen LogP contribution in [-0.2, 0) is 16.0 Å². The van der Waals surface area contributed by atoms with Crippen LogP contribution in [0.15, 0.2) is 24.3 Å². The number of benzene rings is 1. The third-order valence-electron chi connectivity index (χ3n) is 4.67. The maximum atomic E-state index is 12.4. The summed E-state index contributed by atoms with van der Waals surface area (Å²) in [4.78, 5) is 25.5. The highest BCUT2D eigenvalue weighted by atomic mass is 16.5. The van der Waals surface area contributed by atoms with Crippen LogP contribution in [0.1, 0.15) is 32.3 Å². The van der Waals surface area contributed by atoms with Crippen LogP contribution in [0.3, 0.4) is 0 Å². The van der Waals surface area contributed by atoms with Crippen molar-refractivity contribution in [3.8, 4) is 5.75 Å². The van der Waals surface area contributed by atoms with E-state index < -0.39 is 12.0 Å². The number of rotatable bonds is 6. The monoisotopic (exact) mass is 319 g/mol. The van der Waals surface area contributed by atoms with Gasteiger partial charge in [-0.25, -0.2) is 4.79 Å². The van der Waals surface area contributed by atoms with Gasteiger partial charge in [-0.1, -0.05) is 26.0 Å². The second-order valence-corrected chi connectivity index (χ2v) is 6.31. The summed E-state index contributed by atoms with van der Waals surface area (Å²) in [6.45, 7) is 4.33. The van der Waals surface area contributed by atoms with E-state index in [0.717, 1.165) is 24.2 Å². The number of carboxylic acid groups (broad SMARTS) is 1. The lowest BCUT2D eigenvalue weighted by Crippen LogP contribution is -2.42. The van der Waals surface area contributed by atoms with E-state index in [4.69, 9.17) is 4.74 Å². The first-order valence-corrected chi connectivity index (χ1v) is 8.12. The van der Waals surface area contributed by atoms with Crippen LogP contribution in [0.2, 0.25) is 0 Å². The molecule has 3 atom stereocenters. The lowest BCUT2D eigenvalue weighted by Gasteiger charge is -2.24. The molecule has 1 heterocycles. The summed E-state index contributed by atoms with van der Waals surface area (Å²) in [5, 5.41) is 9.43. The number of carbonyl (C=O) groups is 2. The van der Waals surface area contributed by atoms with E-state index in [-0.39, 0.29) is 17.7 Å². The standard InChI is InChI=1S/C18H25NO4/c1-4-12(2)17(20)19-11-14(10-16(19)18(21)22)9-13-5-7-15(23-3)8-6-13/h5-8,12,14,16H,4,9-11H2,1-3H3,(H,21,22)/t12?,14-,16+/m1/s1. The summed E-state index contributed by atoms with van der Waals surface area (Å²) in [6, 6.07) is 7.10. The minimum Gasteiger partial charge on any atom is -0.497 e. The van der Waals surface area contributed by atoms with Gasteiger partial charge in [-0.15, -0.1) is 0 Å². The molecule has 0 aromatic heterocycles. The Labute approximate surface area is 137 Å². The van der Waals surface area contributed by atoms with Crippen molar-refractivity contribution in [3.63, 3.8) is 0 Å². The molecule has 126 valence electrons. The van der Waals surface area contributed by atoms with E-state index in [2.05, 4.69) is 0 Å². The van der Waals surface area contributed by atoms with Gasteiger partial charge in [0.15, 0.2) is 0 Å². The minimum absolute atomic E-state index is 0.0443. The van der Waals surface area contributed by atoms with Crippen molar-refractivity contribution >= 4 is 11.9 Å². The summed E-state index contributed by atoms with van der Waals surface area (Å²) in [6.07, 6.45) is 2.02. The van der Waals surface area contributed by atoms with Crippen LogP contribution >= 0.6 is 0 Å². The Morgan fingerprint density at radius 1 is 1.35 bits per heavy atom.